The van der Waals surface area contributed by atoms with Crippen LogP contribution in [0.25, 0.3) is 21.7 Å². The second-order valence-electron chi connectivity index (χ2n) is 6.82. The molecule has 2 nitrogen and oxygen atoms in total. The van der Waals surface area contributed by atoms with Gasteiger partial charge < -0.3 is 4.57 Å². The number of unbranched alkanes of at least 4 members (excludes halogenated alkanes) is 1. The molecular weight excluding hydrogens is 330 g/mol. The summed E-state index contributed by atoms with van der Waals surface area (Å²) in [5.41, 5.74) is 3.30. The van der Waals surface area contributed by atoms with Gasteiger partial charge in [0.25, 0.3) is 0 Å². The molecule has 0 bridgehead atoms. The molecule has 3 aromatic carbocycles. The summed E-state index contributed by atoms with van der Waals surface area (Å²) in [5.74, 6) is 2.73. The molecule has 2 heteroatoms. The molecule has 0 spiro atoms. The molecule has 0 saturated heterocycles. The van der Waals surface area contributed by atoms with Gasteiger partial charge in [-0.1, -0.05) is 61.7 Å². The highest BCUT2D eigenvalue weighted by Gasteiger charge is 2.18. The molecule has 0 radical (unpaired) electrons. The Kier molecular flexibility index (Phi) is 4.52. The van der Waals surface area contributed by atoms with Crippen molar-refractivity contribution in [2.24, 2.45) is 0 Å². The number of hydrogen-bond acceptors (Lipinski definition) is 1. The predicted octanol–water partition coefficient (Wildman–Crippen LogP) is 5.81. The highest BCUT2D eigenvalue weighted by atomic mass is 16.1. The minimum Gasteiger partial charge on any atom is -0.347 e. The van der Waals surface area contributed by atoms with E-state index in [1.165, 1.54) is 0 Å². The average molecular weight is 351 g/mol. The first kappa shape index (κ1) is 17.1. The van der Waals surface area contributed by atoms with E-state index < -0.39 is 0 Å². The van der Waals surface area contributed by atoms with E-state index in [1.54, 1.807) is 0 Å². The van der Waals surface area contributed by atoms with Crippen LogP contribution >= 0.6 is 0 Å². The summed E-state index contributed by atoms with van der Waals surface area (Å²) < 4.78 is 2.18. The summed E-state index contributed by atoms with van der Waals surface area (Å²) >= 11 is 0. The van der Waals surface area contributed by atoms with E-state index in [1.807, 2.05) is 66.9 Å². The lowest BCUT2D eigenvalue weighted by Crippen LogP contribution is -2.02. The molecule has 0 aliphatic carbocycles. The molecule has 0 saturated carbocycles. The third kappa shape index (κ3) is 3.02. The third-order valence-electron chi connectivity index (χ3n) is 5.08. The van der Waals surface area contributed by atoms with Crippen molar-refractivity contribution in [3.05, 3.63) is 83.6 Å². The molecule has 0 amide bonds. The molecule has 0 fully saturated rings. The molecule has 0 atom stereocenters. The van der Waals surface area contributed by atoms with Crippen molar-refractivity contribution in [2.45, 2.75) is 26.3 Å². The van der Waals surface area contributed by atoms with Crippen LogP contribution < -0.4 is 0 Å². The molecule has 1 aromatic heterocycles. The third-order valence-corrected chi connectivity index (χ3v) is 5.08. The first-order valence-electron chi connectivity index (χ1n) is 9.35. The number of carbonyl (C=O) groups excluding carboxylic acids is 1. The SMILES string of the molecule is C#Cc1ccc2c(c1)c(C(=O)c1cccc3ccccc13)cn2CCCC. The smallest absolute Gasteiger partial charge is 0.195 e. The molecule has 4 rings (SSSR count). The number of benzene rings is 3. The number of nitrogens with zero attached hydrogens (tertiary/aromatic N) is 1. The molecule has 0 unspecified atom stereocenters. The van der Waals surface area contributed by atoms with E-state index in [0.717, 1.165) is 57.8 Å². The fourth-order valence-corrected chi connectivity index (χ4v) is 3.65. The van der Waals surface area contributed by atoms with Crippen molar-refractivity contribution < 1.29 is 4.79 Å². The largest absolute Gasteiger partial charge is 0.347 e. The zero-order valence-electron chi connectivity index (χ0n) is 15.4. The Balaban J connectivity index is 1.91. The summed E-state index contributed by atoms with van der Waals surface area (Å²) in [5, 5.41) is 2.98. The number of aromatic nitrogens is 1. The summed E-state index contributed by atoms with van der Waals surface area (Å²) in [6, 6.07) is 19.8. The first-order chi connectivity index (χ1) is 13.2. The van der Waals surface area contributed by atoms with Gasteiger partial charge in [0.05, 0.1) is 0 Å². The van der Waals surface area contributed by atoms with Crippen LogP contribution in [0.4, 0.5) is 0 Å². The molecule has 4 aromatic rings. The quantitative estimate of drug-likeness (QED) is 0.329. The highest BCUT2D eigenvalue weighted by molar-refractivity contribution is 6.21. The van der Waals surface area contributed by atoms with Gasteiger partial charge in [0.15, 0.2) is 5.78 Å². The van der Waals surface area contributed by atoms with Crippen molar-refractivity contribution in [1.29, 1.82) is 0 Å². The monoisotopic (exact) mass is 351 g/mol. The average Bonchev–Trinajstić information content (AvgIpc) is 3.09. The van der Waals surface area contributed by atoms with Crippen molar-refractivity contribution in [2.75, 3.05) is 0 Å². The van der Waals surface area contributed by atoms with Crippen LogP contribution in [0.5, 0.6) is 0 Å². The summed E-state index contributed by atoms with van der Waals surface area (Å²) in [4.78, 5) is 13.5. The summed E-state index contributed by atoms with van der Waals surface area (Å²) in [6.07, 6.45) is 9.77. The van der Waals surface area contributed by atoms with Gasteiger partial charge in [-0.2, -0.15) is 0 Å². The van der Waals surface area contributed by atoms with Gasteiger partial charge in [-0.05, 0) is 35.4 Å². The van der Waals surface area contributed by atoms with Crippen LogP contribution in [0.2, 0.25) is 0 Å². The van der Waals surface area contributed by atoms with Gasteiger partial charge in [0.1, 0.15) is 0 Å². The van der Waals surface area contributed by atoms with Gasteiger partial charge in [-0.3, -0.25) is 4.79 Å². The number of ketones is 1. The lowest BCUT2D eigenvalue weighted by Gasteiger charge is -2.05. The molecule has 0 N–H and O–H groups in total. The van der Waals surface area contributed by atoms with Gasteiger partial charge in [0, 0.05) is 40.3 Å². The van der Waals surface area contributed by atoms with Crippen molar-refractivity contribution in [3.8, 4) is 12.3 Å². The minimum absolute atomic E-state index is 0.0428. The molecule has 132 valence electrons. The Bertz CT molecular complexity index is 1180. The van der Waals surface area contributed by atoms with Crippen LogP contribution in [0.1, 0.15) is 41.3 Å². The maximum Gasteiger partial charge on any atom is 0.195 e. The Labute approximate surface area is 159 Å². The fraction of sp³-hybridized carbons (Fsp3) is 0.160. The molecular formula is C25H21NO. The second kappa shape index (κ2) is 7.13. The Hall–Kier alpha value is -3.31. The van der Waals surface area contributed by atoms with Crippen molar-refractivity contribution in [1.82, 2.24) is 4.57 Å². The fourth-order valence-electron chi connectivity index (χ4n) is 3.65. The standard InChI is InChI=1S/C25H21NO/c1-3-5-15-26-17-23(22-16-18(4-2)13-14-24(22)26)25(27)21-12-8-10-19-9-6-7-11-20(19)21/h2,6-14,16-17H,3,5,15H2,1H3. The maximum absolute atomic E-state index is 13.5. The second-order valence-corrected chi connectivity index (χ2v) is 6.82. The number of fused-ring (bicyclic) bond motifs is 2. The van der Waals surface area contributed by atoms with E-state index >= 15 is 0 Å². The zero-order valence-corrected chi connectivity index (χ0v) is 15.4. The number of terminal acetylenes is 1. The number of rotatable bonds is 5. The minimum atomic E-state index is 0.0428. The Morgan fingerprint density at radius 3 is 2.63 bits per heavy atom. The summed E-state index contributed by atoms with van der Waals surface area (Å²) in [7, 11) is 0. The van der Waals surface area contributed by atoms with Crippen LogP contribution in [0.3, 0.4) is 0 Å². The lowest BCUT2D eigenvalue weighted by molar-refractivity contribution is 0.104. The van der Waals surface area contributed by atoms with Crippen molar-refractivity contribution in [3.63, 3.8) is 0 Å². The van der Waals surface area contributed by atoms with Crippen LogP contribution in [-0.4, -0.2) is 10.4 Å². The molecule has 1 heterocycles. The van der Waals surface area contributed by atoms with Crippen LogP contribution in [0, 0.1) is 12.3 Å². The van der Waals surface area contributed by atoms with E-state index in [0.29, 0.717) is 0 Å². The van der Waals surface area contributed by atoms with E-state index in [4.69, 9.17) is 6.42 Å². The Morgan fingerprint density at radius 2 is 1.81 bits per heavy atom. The normalized spacial score (nSPS) is 11.0. The zero-order chi connectivity index (χ0) is 18.8. The Morgan fingerprint density at radius 1 is 1.00 bits per heavy atom. The number of carbonyl (C=O) groups is 1. The predicted molar refractivity (Wildman–Crippen MR) is 112 cm³/mol. The van der Waals surface area contributed by atoms with Gasteiger partial charge >= 0.3 is 0 Å². The number of hydrogen-bond donors (Lipinski definition) is 0. The van der Waals surface area contributed by atoms with Gasteiger partial charge in [-0.15, -0.1) is 6.42 Å². The molecule has 27 heavy (non-hydrogen) atoms. The topological polar surface area (TPSA) is 22.0 Å². The van der Waals surface area contributed by atoms with E-state index in [-0.39, 0.29) is 5.78 Å². The lowest BCUT2D eigenvalue weighted by atomic mass is 9.96. The van der Waals surface area contributed by atoms with E-state index in [2.05, 4.69) is 17.4 Å². The van der Waals surface area contributed by atoms with Crippen LogP contribution in [0.15, 0.2) is 66.9 Å². The number of aryl methyl sites for hydroxylation is 1. The van der Waals surface area contributed by atoms with Gasteiger partial charge in [-0.25, -0.2) is 0 Å². The maximum atomic E-state index is 13.5. The van der Waals surface area contributed by atoms with Crippen LogP contribution in [-0.2, 0) is 6.54 Å². The van der Waals surface area contributed by atoms with Gasteiger partial charge in [0.2, 0.25) is 0 Å². The summed E-state index contributed by atoms with van der Waals surface area (Å²) in [6.45, 7) is 3.07. The van der Waals surface area contributed by atoms with Crippen molar-refractivity contribution >= 4 is 27.5 Å². The molecule has 0 aliphatic heterocycles. The highest BCUT2D eigenvalue weighted by Crippen LogP contribution is 2.28. The van der Waals surface area contributed by atoms with E-state index in [9.17, 15) is 4.79 Å². The first-order valence-corrected chi connectivity index (χ1v) is 9.35. The molecule has 0 aliphatic rings.